The number of aliphatic hydroxyl groups is 1. The van der Waals surface area contributed by atoms with Gasteiger partial charge in [0.25, 0.3) is 0 Å². The van der Waals surface area contributed by atoms with E-state index in [9.17, 15) is 9.50 Å². The van der Waals surface area contributed by atoms with Gasteiger partial charge in [-0.1, -0.05) is 24.3 Å². The molecule has 0 aliphatic carbocycles. The van der Waals surface area contributed by atoms with Gasteiger partial charge in [0.2, 0.25) is 0 Å². The van der Waals surface area contributed by atoms with Crippen LogP contribution in [0.15, 0.2) is 42.5 Å². The molecule has 0 amide bonds. The van der Waals surface area contributed by atoms with Crippen LogP contribution in [0.25, 0.3) is 0 Å². The molecule has 0 radical (unpaired) electrons. The van der Waals surface area contributed by atoms with Crippen molar-refractivity contribution in [1.29, 1.82) is 0 Å². The molecule has 0 bridgehead atoms. The number of ether oxygens (including phenoxy) is 1. The van der Waals surface area contributed by atoms with Crippen molar-refractivity contribution in [3.8, 4) is 5.75 Å². The molecule has 1 atom stereocenters. The number of likely N-dealkylation sites (N-methyl/N-ethyl adjacent to an activating group) is 1. The number of aliphatic hydroxyl groups excluding tert-OH is 1. The number of nitrogens with one attached hydrogen (secondary N) is 1. The predicted molar refractivity (Wildman–Crippen MR) is 135 cm³/mol. The second-order valence-corrected chi connectivity index (χ2v) is 9.96. The number of hydrogen-bond acceptors (Lipinski definition) is 4. The lowest BCUT2D eigenvalue weighted by Crippen LogP contribution is -3.12. The number of nitrogens with two attached hydrogens (primary N) is 2. The summed E-state index contributed by atoms with van der Waals surface area (Å²) in [5.74, 6) is 0.753. The molecule has 2 aliphatic heterocycles. The van der Waals surface area contributed by atoms with Crippen LogP contribution in [0, 0.1) is 5.82 Å². The van der Waals surface area contributed by atoms with Crippen molar-refractivity contribution >= 4 is 5.69 Å². The van der Waals surface area contributed by atoms with Crippen molar-refractivity contribution in [2.45, 2.75) is 19.1 Å². The maximum Gasteiger partial charge on any atom is 0.151 e. The summed E-state index contributed by atoms with van der Waals surface area (Å²) < 4.78 is 20.3. The Labute approximate surface area is 208 Å². The fraction of sp³-hybridized carbons (Fsp3) is 0.556. The van der Waals surface area contributed by atoms with Crippen LogP contribution in [-0.2, 0) is 13.0 Å². The van der Waals surface area contributed by atoms with E-state index in [1.807, 2.05) is 12.1 Å². The lowest BCUT2D eigenvalue weighted by Gasteiger charge is -2.32. The van der Waals surface area contributed by atoms with Crippen LogP contribution in [0.4, 0.5) is 10.1 Å². The third kappa shape index (κ3) is 7.62. The van der Waals surface area contributed by atoms with Crippen molar-refractivity contribution in [2.75, 3.05) is 84.0 Å². The highest BCUT2D eigenvalue weighted by molar-refractivity contribution is 5.62. The molecule has 7 nitrogen and oxygen atoms in total. The molecule has 2 saturated heterocycles. The first kappa shape index (κ1) is 25.9. The van der Waals surface area contributed by atoms with E-state index in [0.717, 1.165) is 88.0 Å². The highest BCUT2D eigenvalue weighted by atomic mass is 19.1. The SMILES string of the molecule is C[NH+]1CCN(CC(O)COc2c(C[NH2+]CCc3ccccc3F)cccc2N2CC[NH2+]CC2)CC1. The lowest BCUT2D eigenvalue weighted by atomic mass is 10.1. The van der Waals surface area contributed by atoms with Gasteiger partial charge in [0.15, 0.2) is 5.75 Å². The van der Waals surface area contributed by atoms with Crippen LogP contribution in [0.2, 0.25) is 0 Å². The minimum absolute atomic E-state index is 0.135. The zero-order valence-corrected chi connectivity index (χ0v) is 21.1. The van der Waals surface area contributed by atoms with Gasteiger partial charge in [-0.3, -0.25) is 4.90 Å². The summed E-state index contributed by atoms with van der Waals surface area (Å²) in [4.78, 5) is 6.29. The van der Waals surface area contributed by atoms with Gasteiger partial charge in [0.1, 0.15) is 25.1 Å². The van der Waals surface area contributed by atoms with Crippen LogP contribution in [-0.4, -0.2) is 95.2 Å². The van der Waals surface area contributed by atoms with Crippen molar-refractivity contribution in [3.63, 3.8) is 0 Å². The van der Waals surface area contributed by atoms with Gasteiger partial charge < -0.3 is 30.3 Å². The van der Waals surface area contributed by atoms with Gasteiger partial charge in [0, 0.05) is 26.1 Å². The molecule has 0 spiro atoms. The third-order valence-corrected chi connectivity index (χ3v) is 7.16. The summed E-state index contributed by atoms with van der Waals surface area (Å²) in [5.41, 5.74) is 3.00. The highest BCUT2D eigenvalue weighted by Gasteiger charge is 2.23. The molecule has 2 aromatic rings. The van der Waals surface area contributed by atoms with Gasteiger partial charge >= 0.3 is 0 Å². The van der Waals surface area contributed by atoms with Gasteiger partial charge in [-0.2, -0.15) is 0 Å². The van der Waals surface area contributed by atoms with Crippen LogP contribution in [0.1, 0.15) is 11.1 Å². The Kier molecular flexibility index (Phi) is 9.74. The quantitative estimate of drug-likeness (QED) is 0.279. The molecule has 0 aromatic heterocycles. The van der Waals surface area contributed by atoms with E-state index < -0.39 is 6.10 Å². The zero-order chi connectivity index (χ0) is 24.5. The Hall–Kier alpha value is -2.23. The Morgan fingerprint density at radius 3 is 2.57 bits per heavy atom. The molecule has 1 unspecified atom stereocenters. The summed E-state index contributed by atoms with van der Waals surface area (Å²) in [6.07, 6.45) is 0.171. The molecule has 192 valence electrons. The first-order chi connectivity index (χ1) is 17.1. The molecular weight excluding hydrogens is 445 g/mol. The van der Waals surface area contributed by atoms with E-state index in [2.05, 4.69) is 45.7 Å². The Balaban J connectivity index is 1.38. The van der Waals surface area contributed by atoms with E-state index in [1.54, 1.807) is 11.0 Å². The van der Waals surface area contributed by atoms with Crippen LogP contribution < -0.4 is 25.2 Å². The van der Waals surface area contributed by atoms with E-state index in [4.69, 9.17) is 4.74 Å². The van der Waals surface area contributed by atoms with Crippen molar-refractivity contribution in [3.05, 3.63) is 59.4 Å². The molecule has 2 aliphatic rings. The fourth-order valence-electron chi connectivity index (χ4n) is 5.00. The average Bonchev–Trinajstić information content (AvgIpc) is 2.88. The summed E-state index contributed by atoms with van der Waals surface area (Å²) in [6, 6.07) is 13.4. The molecule has 4 rings (SSSR count). The Morgan fingerprint density at radius 1 is 1.06 bits per heavy atom. The number of nitrogens with zero attached hydrogens (tertiary/aromatic N) is 2. The summed E-state index contributed by atoms with van der Waals surface area (Å²) in [5, 5.41) is 15.3. The third-order valence-electron chi connectivity index (χ3n) is 7.16. The first-order valence-corrected chi connectivity index (χ1v) is 13.2. The van der Waals surface area contributed by atoms with E-state index in [1.165, 1.54) is 6.07 Å². The number of anilines is 1. The molecule has 35 heavy (non-hydrogen) atoms. The van der Waals surface area contributed by atoms with Gasteiger partial charge in [-0.15, -0.1) is 0 Å². The maximum absolute atomic E-state index is 14.0. The number of halogens is 1. The van der Waals surface area contributed by atoms with E-state index in [-0.39, 0.29) is 5.82 Å². The molecule has 8 heteroatoms. The molecular formula is C27H43FN5O2+3. The number of rotatable bonds is 11. The highest BCUT2D eigenvalue weighted by Crippen LogP contribution is 2.32. The van der Waals surface area contributed by atoms with Crippen molar-refractivity contribution in [2.24, 2.45) is 0 Å². The van der Waals surface area contributed by atoms with Crippen molar-refractivity contribution in [1.82, 2.24) is 4.90 Å². The number of para-hydroxylation sites is 1. The molecule has 6 N–H and O–H groups in total. The monoisotopic (exact) mass is 488 g/mol. The molecule has 0 saturated carbocycles. The number of benzene rings is 2. The van der Waals surface area contributed by atoms with E-state index >= 15 is 0 Å². The van der Waals surface area contributed by atoms with Crippen LogP contribution in [0.5, 0.6) is 5.75 Å². The largest absolute Gasteiger partial charge is 0.488 e. The summed E-state index contributed by atoms with van der Waals surface area (Å²) in [6.45, 7) is 10.9. The van der Waals surface area contributed by atoms with Crippen LogP contribution in [0.3, 0.4) is 0 Å². The maximum atomic E-state index is 14.0. The fourth-order valence-corrected chi connectivity index (χ4v) is 5.00. The predicted octanol–water partition coefficient (Wildman–Crippen LogP) is -1.91. The van der Waals surface area contributed by atoms with Crippen molar-refractivity contribution < 1.29 is 29.8 Å². The average molecular weight is 489 g/mol. The van der Waals surface area contributed by atoms with Crippen LogP contribution >= 0.6 is 0 Å². The Bertz CT molecular complexity index is 916. The minimum atomic E-state index is -0.519. The second kappa shape index (κ2) is 13.2. The molecule has 2 fully saturated rings. The molecule has 2 heterocycles. The second-order valence-electron chi connectivity index (χ2n) is 9.96. The normalized spacial score (nSPS) is 18.5. The summed E-state index contributed by atoms with van der Waals surface area (Å²) in [7, 11) is 2.22. The minimum Gasteiger partial charge on any atom is -0.488 e. The number of β-amino-alcohol motifs (C(OH)–C–C–N with tert-alkyl or cyclic N) is 1. The topological polar surface area (TPSA) is 73.6 Å². The Morgan fingerprint density at radius 2 is 1.80 bits per heavy atom. The summed E-state index contributed by atoms with van der Waals surface area (Å²) >= 11 is 0. The smallest absolute Gasteiger partial charge is 0.151 e. The number of quaternary nitrogens is 3. The van der Waals surface area contributed by atoms with Gasteiger partial charge in [-0.25, -0.2) is 4.39 Å². The lowest BCUT2D eigenvalue weighted by molar-refractivity contribution is -0.884. The first-order valence-electron chi connectivity index (χ1n) is 13.2. The molecule has 2 aromatic carbocycles. The zero-order valence-electron chi connectivity index (χ0n) is 21.1. The number of hydrogen-bond donors (Lipinski definition) is 4. The van der Waals surface area contributed by atoms with Gasteiger partial charge in [-0.05, 0) is 23.8 Å². The number of piperazine rings is 2. The van der Waals surface area contributed by atoms with E-state index in [0.29, 0.717) is 19.6 Å². The standard InChI is InChI=1S/C27H40FN5O2/c1-31-15-17-32(18-16-31)20-24(34)21-35-27-23(6-4-8-26(27)33-13-11-29-12-14-33)19-30-10-9-22-5-2-3-7-25(22)28/h2-8,24,29-30,34H,9-21H2,1H3/p+3. The van der Waals surface area contributed by atoms with Gasteiger partial charge in [0.05, 0.1) is 64.1 Å².